The number of carbonyl (C=O) groups is 1. The minimum Gasteiger partial charge on any atom is -0.445 e. The van der Waals surface area contributed by atoms with Gasteiger partial charge in [-0.05, 0) is 12.6 Å². The molecule has 5 nitrogen and oxygen atoms in total. The second-order valence-electron chi connectivity index (χ2n) is 4.49. The molecule has 0 aliphatic rings. The first kappa shape index (κ1) is 15.5. The van der Waals surface area contributed by atoms with Crippen LogP contribution in [0.3, 0.4) is 0 Å². The Bertz CT molecular complexity index is 370. The van der Waals surface area contributed by atoms with Gasteiger partial charge in [0.05, 0.1) is 6.61 Å². The topological polar surface area (TPSA) is 53.0 Å². The Balaban J connectivity index is 2.25. The second-order valence-corrected chi connectivity index (χ2v) is 4.49. The summed E-state index contributed by atoms with van der Waals surface area (Å²) in [4.78, 5) is 15.2. The molecule has 0 aliphatic heterocycles. The van der Waals surface area contributed by atoms with E-state index < -0.39 is 0 Å². The van der Waals surface area contributed by atoms with E-state index in [4.69, 9.17) is 9.84 Å². The van der Waals surface area contributed by atoms with Crippen molar-refractivity contribution in [2.24, 2.45) is 0 Å². The third kappa shape index (κ3) is 6.22. The van der Waals surface area contributed by atoms with Crippen LogP contribution in [0.1, 0.15) is 5.56 Å². The van der Waals surface area contributed by atoms with Crippen LogP contribution in [0.5, 0.6) is 0 Å². The molecule has 0 heterocycles. The number of ether oxygens (including phenoxy) is 1. The minimum absolute atomic E-state index is 0.124. The van der Waals surface area contributed by atoms with Crippen molar-refractivity contribution >= 4 is 6.09 Å². The quantitative estimate of drug-likeness (QED) is 0.805. The summed E-state index contributed by atoms with van der Waals surface area (Å²) in [5.74, 6) is 0. The molecule has 0 saturated heterocycles. The van der Waals surface area contributed by atoms with Crippen molar-refractivity contribution < 1.29 is 14.6 Å². The van der Waals surface area contributed by atoms with E-state index >= 15 is 0 Å². The predicted molar refractivity (Wildman–Crippen MR) is 73.8 cm³/mol. The monoisotopic (exact) mass is 266 g/mol. The lowest BCUT2D eigenvalue weighted by molar-refractivity contribution is 0.101. The lowest BCUT2D eigenvalue weighted by atomic mass is 10.2. The zero-order valence-electron chi connectivity index (χ0n) is 11.6. The van der Waals surface area contributed by atoms with E-state index in [0.29, 0.717) is 19.6 Å². The van der Waals surface area contributed by atoms with Crippen LogP contribution >= 0.6 is 0 Å². The highest BCUT2D eigenvalue weighted by molar-refractivity contribution is 5.67. The first-order valence-electron chi connectivity index (χ1n) is 6.34. The first-order valence-corrected chi connectivity index (χ1v) is 6.34. The molecule has 1 aromatic rings. The van der Waals surface area contributed by atoms with Gasteiger partial charge in [0.15, 0.2) is 0 Å². The van der Waals surface area contributed by atoms with Crippen LogP contribution in [0.2, 0.25) is 0 Å². The van der Waals surface area contributed by atoms with Gasteiger partial charge in [-0.2, -0.15) is 0 Å². The third-order valence-corrected chi connectivity index (χ3v) is 2.82. The maximum atomic E-state index is 11.7. The van der Waals surface area contributed by atoms with Crippen LogP contribution in [0, 0.1) is 0 Å². The molecular formula is C14H22N2O3. The first-order chi connectivity index (χ1) is 9.13. The largest absolute Gasteiger partial charge is 0.445 e. The van der Waals surface area contributed by atoms with Crippen LogP contribution in [0.25, 0.3) is 0 Å². The average molecular weight is 266 g/mol. The van der Waals surface area contributed by atoms with E-state index in [9.17, 15) is 4.79 Å². The zero-order chi connectivity index (χ0) is 14.1. The van der Waals surface area contributed by atoms with Gasteiger partial charge < -0.3 is 19.6 Å². The van der Waals surface area contributed by atoms with Gasteiger partial charge in [-0.25, -0.2) is 4.79 Å². The van der Waals surface area contributed by atoms with E-state index in [0.717, 1.165) is 5.56 Å². The van der Waals surface area contributed by atoms with Gasteiger partial charge in [-0.15, -0.1) is 0 Å². The molecule has 106 valence electrons. The molecule has 19 heavy (non-hydrogen) atoms. The van der Waals surface area contributed by atoms with E-state index in [1.807, 2.05) is 42.3 Å². The van der Waals surface area contributed by atoms with Gasteiger partial charge in [0.1, 0.15) is 6.61 Å². The molecule has 0 fully saturated rings. The summed E-state index contributed by atoms with van der Waals surface area (Å²) < 4.78 is 5.20. The number of likely N-dealkylation sites (N-methyl/N-ethyl adjacent to an activating group) is 2. The fourth-order valence-electron chi connectivity index (χ4n) is 1.52. The molecule has 0 bridgehead atoms. The van der Waals surface area contributed by atoms with Gasteiger partial charge in [0, 0.05) is 26.7 Å². The molecule has 0 radical (unpaired) electrons. The van der Waals surface area contributed by atoms with Crippen LogP contribution in [0.15, 0.2) is 30.3 Å². The fraction of sp³-hybridized carbons (Fsp3) is 0.500. The highest BCUT2D eigenvalue weighted by atomic mass is 16.6. The van der Waals surface area contributed by atoms with E-state index in [1.54, 1.807) is 7.05 Å². The molecule has 1 N–H and O–H groups in total. The summed E-state index contributed by atoms with van der Waals surface area (Å²) in [6.07, 6.45) is -0.332. The number of hydrogen-bond acceptors (Lipinski definition) is 4. The summed E-state index contributed by atoms with van der Waals surface area (Å²) in [6, 6.07) is 9.59. The second kappa shape index (κ2) is 8.50. The normalized spacial score (nSPS) is 10.5. The molecule has 0 unspecified atom stereocenters. The Morgan fingerprint density at radius 3 is 2.47 bits per heavy atom. The SMILES string of the molecule is CN(CCO)CCN(C)C(=O)OCc1ccccc1. The fourth-order valence-corrected chi connectivity index (χ4v) is 1.52. The van der Waals surface area contributed by atoms with Crippen LogP contribution in [-0.4, -0.2) is 61.3 Å². The van der Waals surface area contributed by atoms with Crippen molar-refractivity contribution in [1.29, 1.82) is 0 Å². The number of nitrogens with zero attached hydrogens (tertiary/aromatic N) is 2. The molecule has 0 aromatic heterocycles. The van der Waals surface area contributed by atoms with Crippen molar-refractivity contribution in [2.75, 3.05) is 40.3 Å². The van der Waals surface area contributed by atoms with Crippen LogP contribution in [0.4, 0.5) is 4.79 Å². The van der Waals surface area contributed by atoms with Crippen molar-refractivity contribution in [3.8, 4) is 0 Å². The van der Waals surface area contributed by atoms with Gasteiger partial charge in [-0.3, -0.25) is 0 Å². The maximum Gasteiger partial charge on any atom is 0.409 e. The van der Waals surface area contributed by atoms with Gasteiger partial charge in [-0.1, -0.05) is 30.3 Å². The zero-order valence-corrected chi connectivity index (χ0v) is 11.6. The summed E-state index contributed by atoms with van der Waals surface area (Å²) in [6.45, 7) is 2.30. The smallest absolute Gasteiger partial charge is 0.409 e. The summed E-state index contributed by atoms with van der Waals surface area (Å²) >= 11 is 0. The number of carbonyl (C=O) groups excluding carboxylic acids is 1. The van der Waals surface area contributed by atoms with Gasteiger partial charge >= 0.3 is 6.09 Å². The Labute approximate surface area is 114 Å². The number of rotatable bonds is 7. The lowest BCUT2D eigenvalue weighted by Crippen LogP contribution is -2.36. The maximum absolute atomic E-state index is 11.7. The van der Waals surface area contributed by atoms with E-state index in [1.165, 1.54) is 4.90 Å². The number of amides is 1. The summed E-state index contributed by atoms with van der Waals surface area (Å²) in [7, 11) is 3.61. The number of aliphatic hydroxyl groups is 1. The number of aliphatic hydroxyl groups excluding tert-OH is 1. The van der Waals surface area contributed by atoms with Crippen LogP contribution in [-0.2, 0) is 11.3 Å². The molecule has 0 saturated carbocycles. The average Bonchev–Trinajstić information content (AvgIpc) is 2.43. The van der Waals surface area contributed by atoms with Crippen molar-refractivity contribution in [2.45, 2.75) is 6.61 Å². The van der Waals surface area contributed by atoms with Crippen molar-refractivity contribution in [3.63, 3.8) is 0 Å². The minimum atomic E-state index is -0.332. The Morgan fingerprint density at radius 1 is 1.16 bits per heavy atom. The van der Waals surface area contributed by atoms with E-state index in [2.05, 4.69) is 0 Å². The van der Waals surface area contributed by atoms with Gasteiger partial charge in [0.2, 0.25) is 0 Å². The molecule has 1 rings (SSSR count). The molecule has 0 aliphatic carbocycles. The molecule has 1 amide bonds. The molecule has 0 spiro atoms. The van der Waals surface area contributed by atoms with Crippen LogP contribution < -0.4 is 0 Å². The standard InChI is InChI=1S/C14H22N2O3/c1-15(10-11-17)8-9-16(2)14(18)19-12-13-6-4-3-5-7-13/h3-7,17H,8-12H2,1-2H3. The summed E-state index contributed by atoms with van der Waals surface area (Å²) in [5, 5.41) is 8.77. The summed E-state index contributed by atoms with van der Waals surface area (Å²) in [5.41, 5.74) is 0.974. The lowest BCUT2D eigenvalue weighted by Gasteiger charge is -2.21. The number of benzene rings is 1. The Kier molecular flexibility index (Phi) is 6.92. The highest BCUT2D eigenvalue weighted by Gasteiger charge is 2.10. The Hall–Kier alpha value is -1.59. The number of hydrogen-bond donors (Lipinski definition) is 1. The predicted octanol–water partition coefficient (Wildman–Crippen LogP) is 1.18. The molecule has 5 heteroatoms. The van der Waals surface area contributed by atoms with E-state index in [-0.39, 0.29) is 19.3 Å². The van der Waals surface area contributed by atoms with Crippen molar-refractivity contribution in [3.05, 3.63) is 35.9 Å². The molecular weight excluding hydrogens is 244 g/mol. The molecule has 0 atom stereocenters. The Morgan fingerprint density at radius 2 is 1.84 bits per heavy atom. The highest BCUT2D eigenvalue weighted by Crippen LogP contribution is 2.02. The van der Waals surface area contributed by atoms with Crippen molar-refractivity contribution in [1.82, 2.24) is 9.80 Å². The molecule has 1 aromatic carbocycles. The van der Waals surface area contributed by atoms with Gasteiger partial charge in [0.25, 0.3) is 0 Å². The third-order valence-electron chi connectivity index (χ3n) is 2.82.